The molecule has 4 nitrogen and oxygen atoms in total. The molecule has 20 heavy (non-hydrogen) atoms. The van der Waals surface area contributed by atoms with Gasteiger partial charge in [-0.15, -0.1) is 0 Å². The first-order valence-electron chi connectivity index (χ1n) is 7.03. The van der Waals surface area contributed by atoms with Gasteiger partial charge in [0.15, 0.2) is 0 Å². The summed E-state index contributed by atoms with van der Waals surface area (Å²) >= 11 is 0. The molecule has 0 saturated carbocycles. The molecule has 0 saturated heterocycles. The maximum absolute atomic E-state index is 5.31. The summed E-state index contributed by atoms with van der Waals surface area (Å²) in [5.41, 5.74) is 2.37. The first kappa shape index (κ1) is 14.6. The smallest absolute Gasteiger partial charge is 0.218 e. The summed E-state index contributed by atoms with van der Waals surface area (Å²) in [4.78, 5) is 4.24. The predicted octanol–water partition coefficient (Wildman–Crippen LogP) is 2.69. The van der Waals surface area contributed by atoms with Crippen LogP contribution in [-0.2, 0) is 13.1 Å². The van der Waals surface area contributed by atoms with E-state index < -0.39 is 0 Å². The van der Waals surface area contributed by atoms with Crippen molar-refractivity contribution in [3.05, 3.63) is 47.9 Å². The molecule has 2 aromatic heterocycles. The van der Waals surface area contributed by atoms with E-state index >= 15 is 0 Å². The first-order valence-corrected chi connectivity index (χ1v) is 7.03. The van der Waals surface area contributed by atoms with Crippen molar-refractivity contribution < 1.29 is 4.74 Å². The van der Waals surface area contributed by atoms with Gasteiger partial charge in [-0.05, 0) is 30.7 Å². The molecule has 2 heterocycles. The fourth-order valence-corrected chi connectivity index (χ4v) is 2.16. The lowest BCUT2D eigenvalue weighted by Gasteiger charge is -2.13. The molecule has 0 aliphatic rings. The van der Waals surface area contributed by atoms with Crippen LogP contribution >= 0.6 is 0 Å². The molecule has 0 aliphatic heterocycles. The SMILES string of the molecule is COc1ncccc1Cn1cccc1CNCC(C)C. The molecule has 2 aromatic rings. The number of hydrogen-bond donors (Lipinski definition) is 1. The Balaban J connectivity index is 2.04. The van der Waals surface area contributed by atoms with Crippen LogP contribution in [0.25, 0.3) is 0 Å². The third-order valence-corrected chi connectivity index (χ3v) is 3.17. The van der Waals surface area contributed by atoms with Crippen LogP contribution in [0, 0.1) is 5.92 Å². The summed E-state index contributed by atoms with van der Waals surface area (Å²) in [6.07, 6.45) is 3.85. The van der Waals surface area contributed by atoms with Gasteiger partial charge in [0.25, 0.3) is 0 Å². The van der Waals surface area contributed by atoms with Crippen molar-refractivity contribution in [3.63, 3.8) is 0 Å². The highest BCUT2D eigenvalue weighted by Crippen LogP contribution is 2.16. The molecule has 0 unspecified atom stereocenters. The number of pyridine rings is 1. The quantitative estimate of drug-likeness (QED) is 0.843. The number of ether oxygens (including phenoxy) is 1. The summed E-state index contributed by atoms with van der Waals surface area (Å²) in [6, 6.07) is 8.22. The standard InChI is InChI=1S/C16H23N3O/c1-13(2)10-17-11-15-7-5-9-19(15)12-14-6-4-8-18-16(14)20-3/h4-9,13,17H,10-12H2,1-3H3. The van der Waals surface area contributed by atoms with Gasteiger partial charge in [-0.25, -0.2) is 4.98 Å². The van der Waals surface area contributed by atoms with Gasteiger partial charge in [-0.1, -0.05) is 19.9 Å². The molecule has 1 N–H and O–H groups in total. The molecule has 0 fully saturated rings. The Hall–Kier alpha value is -1.81. The molecule has 4 heteroatoms. The number of hydrogen-bond acceptors (Lipinski definition) is 3. The largest absolute Gasteiger partial charge is 0.481 e. The topological polar surface area (TPSA) is 39.1 Å². The van der Waals surface area contributed by atoms with Gasteiger partial charge in [0.1, 0.15) is 0 Å². The lowest BCUT2D eigenvalue weighted by molar-refractivity contribution is 0.391. The van der Waals surface area contributed by atoms with Crippen LogP contribution < -0.4 is 10.1 Å². The summed E-state index contributed by atoms with van der Waals surface area (Å²) in [5, 5.41) is 3.47. The van der Waals surface area contributed by atoms with E-state index in [1.165, 1.54) is 5.69 Å². The summed E-state index contributed by atoms with van der Waals surface area (Å²) in [6.45, 7) is 7.12. The number of nitrogens with zero attached hydrogens (tertiary/aromatic N) is 2. The highest BCUT2D eigenvalue weighted by atomic mass is 16.5. The summed E-state index contributed by atoms with van der Waals surface area (Å²) in [7, 11) is 1.66. The average molecular weight is 273 g/mol. The Morgan fingerprint density at radius 1 is 1.30 bits per heavy atom. The lowest BCUT2D eigenvalue weighted by Crippen LogP contribution is -2.21. The molecular weight excluding hydrogens is 250 g/mol. The lowest BCUT2D eigenvalue weighted by atomic mass is 10.2. The molecule has 0 aliphatic carbocycles. The molecule has 0 bridgehead atoms. The fraction of sp³-hybridized carbons (Fsp3) is 0.438. The van der Waals surface area contributed by atoms with E-state index in [4.69, 9.17) is 4.74 Å². The minimum atomic E-state index is 0.664. The van der Waals surface area contributed by atoms with E-state index in [1.807, 2.05) is 6.07 Å². The monoisotopic (exact) mass is 273 g/mol. The van der Waals surface area contributed by atoms with Crippen LogP contribution in [0.1, 0.15) is 25.1 Å². The van der Waals surface area contributed by atoms with E-state index in [0.717, 1.165) is 25.2 Å². The van der Waals surface area contributed by atoms with Gasteiger partial charge in [0.05, 0.1) is 13.7 Å². The fourth-order valence-electron chi connectivity index (χ4n) is 2.16. The normalized spacial score (nSPS) is 11.0. The maximum atomic E-state index is 5.31. The Morgan fingerprint density at radius 2 is 2.15 bits per heavy atom. The van der Waals surface area contributed by atoms with E-state index in [1.54, 1.807) is 13.3 Å². The minimum absolute atomic E-state index is 0.664. The van der Waals surface area contributed by atoms with Crippen molar-refractivity contribution in [1.82, 2.24) is 14.9 Å². The zero-order valence-electron chi connectivity index (χ0n) is 12.5. The van der Waals surface area contributed by atoms with E-state index in [2.05, 4.69) is 53.1 Å². The van der Waals surface area contributed by atoms with Crippen LogP contribution in [0.5, 0.6) is 5.88 Å². The molecule has 2 rings (SSSR count). The predicted molar refractivity (Wildman–Crippen MR) is 80.9 cm³/mol. The molecular formula is C16H23N3O. The Morgan fingerprint density at radius 3 is 2.90 bits per heavy atom. The van der Waals surface area contributed by atoms with Crippen LogP contribution in [0.4, 0.5) is 0 Å². The number of rotatable bonds is 7. The van der Waals surface area contributed by atoms with Gasteiger partial charge < -0.3 is 14.6 Å². The second-order valence-electron chi connectivity index (χ2n) is 5.32. The molecule has 0 radical (unpaired) electrons. The molecule has 0 spiro atoms. The Bertz CT molecular complexity index is 534. The van der Waals surface area contributed by atoms with Crippen LogP contribution in [-0.4, -0.2) is 23.2 Å². The van der Waals surface area contributed by atoms with E-state index in [0.29, 0.717) is 11.8 Å². The van der Waals surface area contributed by atoms with Crippen LogP contribution in [0.2, 0.25) is 0 Å². The average Bonchev–Trinajstić information content (AvgIpc) is 2.86. The van der Waals surface area contributed by atoms with Crippen molar-refractivity contribution in [1.29, 1.82) is 0 Å². The van der Waals surface area contributed by atoms with Crippen LogP contribution in [0.15, 0.2) is 36.7 Å². The minimum Gasteiger partial charge on any atom is -0.481 e. The third-order valence-electron chi connectivity index (χ3n) is 3.17. The van der Waals surface area contributed by atoms with Gasteiger partial charge in [0.2, 0.25) is 5.88 Å². The Kier molecular flexibility index (Phi) is 5.18. The van der Waals surface area contributed by atoms with Crippen molar-refractivity contribution in [2.24, 2.45) is 5.92 Å². The van der Waals surface area contributed by atoms with Crippen LogP contribution in [0.3, 0.4) is 0 Å². The second-order valence-corrected chi connectivity index (χ2v) is 5.32. The van der Waals surface area contributed by atoms with Crippen molar-refractivity contribution >= 4 is 0 Å². The van der Waals surface area contributed by atoms with Gasteiger partial charge in [-0.3, -0.25) is 0 Å². The molecule has 0 atom stereocenters. The van der Waals surface area contributed by atoms with Crippen molar-refractivity contribution in [3.8, 4) is 5.88 Å². The van der Waals surface area contributed by atoms with Crippen molar-refractivity contribution in [2.75, 3.05) is 13.7 Å². The van der Waals surface area contributed by atoms with Gasteiger partial charge in [-0.2, -0.15) is 0 Å². The second kappa shape index (κ2) is 7.10. The number of aromatic nitrogens is 2. The summed E-state index contributed by atoms with van der Waals surface area (Å²) < 4.78 is 7.54. The first-order chi connectivity index (χ1) is 9.70. The maximum Gasteiger partial charge on any atom is 0.218 e. The summed E-state index contributed by atoms with van der Waals surface area (Å²) in [5.74, 6) is 1.36. The highest BCUT2D eigenvalue weighted by molar-refractivity contribution is 5.26. The zero-order chi connectivity index (χ0) is 14.4. The third kappa shape index (κ3) is 3.84. The van der Waals surface area contributed by atoms with Crippen molar-refractivity contribution in [2.45, 2.75) is 26.9 Å². The number of nitrogens with one attached hydrogen (secondary N) is 1. The molecule has 0 amide bonds. The van der Waals surface area contributed by atoms with Gasteiger partial charge >= 0.3 is 0 Å². The molecule has 108 valence electrons. The van der Waals surface area contributed by atoms with E-state index in [9.17, 15) is 0 Å². The molecule has 0 aromatic carbocycles. The zero-order valence-corrected chi connectivity index (χ0v) is 12.5. The number of methoxy groups -OCH3 is 1. The van der Waals surface area contributed by atoms with E-state index in [-0.39, 0.29) is 0 Å². The Labute approximate surface area is 120 Å². The highest BCUT2D eigenvalue weighted by Gasteiger charge is 2.07. The van der Waals surface area contributed by atoms with Gasteiger partial charge in [0, 0.05) is 30.2 Å².